The number of aryl methyl sites for hydroxylation is 2. The number of hydrogen-bond acceptors (Lipinski definition) is 6. The molecule has 0 unspecified atom stereocenters. The number of nitrogens with one attached hydrogen (secondary N) is 1. The number of benzene rings is 3. The zero-order valence-electron chi connectivity index (χ0n) is 20.8. The SMILES string of the molecule is CCOc1cc(C=Nn2c(CC)nc3ccc(Br)cc3c2=O)ccc1OCC(=O)Nc1ccccc1C. The predicted octanol–water partition coefficient (Wildman–Crippen LogP) is 5.33. The molecule has 0 bridgehead atoms. The monoisotopic (exact) mass is 562 g/mol. The largest absolute Gasteiger partial charge is 0.490 e. The van der Waals surface area contributed by atoms with Crippen molar-refractivity contribution in [3.05, 3.63) is 92.4 Å². The van der Waals surface area contributed by atoms with Crippen LogP contribution in [0.4, 0.5) is 5.69 Å². The van der Waals surface area contributed by atoms with Gasteiger partial charge in [-0.25, -0.2) is 4.98 Å². The Bertz CT molecular complexity index is 1530. The summed E-state index contributed by atoms with van der Waals surface area (Å²) in [6.07, 6.45) is 2.11. The first-order valence-corrected chi connectivity index (χ1v) is 12.7. The maximum atomic E-state index is 13.1. The molecule has 0 aliphatic heterocycles. The highest BCUT2D eigenvalue weighted by Crippen LogP contribution is 2.28. The lowest BCUT2D eigenvalue weighted by molar-refractivity contribution is -0.118. The van der Waals surface area contributed by atoms with Gasteiger partial charge in [0.1, 0.15) is 5.82 Å². The van der Waals surface area contributed by atoms with Gasteiger partial charge in [-0.05, 0) is 67.4 Å². The van der Waals surface area contributed by atoms with Crippen molar-refractivity contribution in [2.24, 2.45) is 5.10 Å². The first kappa shape index (κ1) is 26.1. The molecule has 1 aromatic heterocycles. The first-order chi connectivity index (χ1) is 17.9. The number of carbonyl (C=O) groups excluding carboxylic acids is 1. The molecular weight excluding hydrogens is 536 g/mol. The van der Waals surface area contributed by atoms with Crippen LogP contribution >= 0.6 is 15.9 Å². The Morgan fingerprint density at radius 2 is 1.89 bits per heavy atom. The predicted molar refractivity (Wildman–Crippen MR) is 149 cm³/mol. The van der Waals surface area contributed by atoms with Crippen LogP contribution in [0.25, 0.3) is 10.9 Å². The van der Waals surface area contributed by atoms with Crippen LogP contribution in [0.2, 0.25) is 0 Å². The lowest BCUT2D eigenvalue weighted by Crippen LogP contribution is -2.22. The molecule has 37 heavy (non-hydrogen) atoms. The summed E-state index contributed by atoms with van der Waals surface area (Å²) >= 11 is 3.41. The number of para-hydroxylation sites is 1. The van der Waals surface area contributed by atoms with E-state index < -0.39 is 0 Å². The molecule has 1 N–H and O–H groups in total. The van der Waals surface area contributed by atoms with Gasteiger partial charge in [0, 0.05) is 16.6 Å². The summed E-state index contributed by atoms with van der Waals surface area (Å²) in [4.78, 5) is 30.1. The molecule has 190 valence electrons. The Morgan fingerprint density at radius 3 is 2.65 bits per heavy atom. The molecule has 4 aromatic rings. The molecule has 1 heterocycles. The molecule has 0 aliphatic rings. The minimum atomic E-state index is -0.274. The third-order valence-electron chi connectivity index (χ3n) is 5.56. The third kappa shape index (κ3) is 6.24. The van der Waals surface area contributed by atoms with Crippen LogP contribution in [0, 0.1) is 6.92 Å². The topological polar surface area (TPSA) is 94.8 Å². The van der Waals surface area contributed by atoms with Crippen LogP contribution in [0.5, 0.6) is 11.5 Å². The van der Waals surface area contributed by atoms with Crippen LogP contribution in [-0.2, 0) is 11.2 Å². The summed E-state index contributed by atoms with van der Waals surface area (Å²) in [5.41, 5.74) is 2.79. The molecule has 0 fully saturated rings. The molecule has 0 saturated carbocycles. The summed E-state index contributed by atoms with van der Waals surface area (Å²) in [7, 11) is 0. The Kier molecular flexibility index (Phi) is 8.35. The Labute approximate surface area is 223 Å². The van der Waals surface area contributed by atoms with Crippen LogP contribution in [0.3, 0.4) is 0 Å². The summed E-state index contributed by atoms with van der Waals surface area (Å²) in [6.45, 7) is 5.95. The Morgan fingerprint density at radius 1 is 1.08 bits per heavy atom. The molecule has 0 radical (unpaired) electrons. The van der Waals surface area contributed by atoms with Crippen molar-refractivity contribution in [2.75, 3.05) is 18.5 Å². The quantitative estimate of drug-likeness (QED) is 0.278. The van der Waals surface area contributed by atoms with E-state index in [0.29, 0.717) is 46.8 Å². The average Bonchev–Trinajstić information content (AvgIpc) is 2.89. The number of rotatable bonds is 9. The number of aromatic nitrogens is 2. The van der Waals surface area contributed by atoms with Crippen molar-refractivity contribution in [3.8, 4) is 11.5 Å². The average molecular weight is 563 g/mol. The molecule has 1 amide bonds. The second kappa shape index (κ2) is 11.8. The van der Waals surface area contributed by atoms with Gasteiger partial charge in [-0.15, -0.1) is 0 Å². The molecule has 8 nitrogen and oxygen atoms in total. The van der Waals surface area contributed by atoms with Gasteiger partial charge in [-0.2, -0.15) is 9.78 Å². The van der Waals surface area contributed by atoms with Crippen LogP contribution < -0.4 is 20.3 Å². The van der Waals surface area contributed by atoms with E-state index in [9.17, 15) is 9.59 Å². The van der Waals surface area contributed by atoms with Crippen molar-refractivity contribution in [2.45, 2.75) is 27.2 Å². The van der Waals surface area contributed by atoms with E-state index in [1.165, 1.54) is 4.68 Å². The van der Waals surface area contributed by atoms with Gasteiger partial charge in [0.05, 0.1) is 23.7 Å². The number of nitrogens with zero attached hydrogens (tertiary/aromatic N) is 3. The fourth-order valence-electron chi connectivity index (χ4n) is 3.70. The summed E-state index contributed by atoms with van der Waals surface area (Å²) in [5.74, 6) is 1.19. The summed E-state index contributed by atoms with van der Waals surface area (Å²) in [5, 5.41) is 7.75. The number of fused-ring (bicyclic) bond motifs is 1. The molecule has 3 aromatic carbocycles. The fourth-order valence-corrected chi connectivity index (χ4v) is 4.06. The van der Waals surface area contributed by atoms with Crippen LogP contribution in [-0.4, -0.2) is 35.0 Å². The molecule has 4 rings (SSSR count). The number of carbonyl (C=O) groups is 1. The number of ether oxygens (including phenoxy) is 2. The third-order valence-corrected chi connectivity index (χ3v) is 6.05. The zero-order valence-corrected chi connectivity index (χ0v) is 22.4. The van der Waals surface area contributed by atoms with E-state index >= 15 is 0 Å². The second-order valence-electron chi connectivity index (χ2n) is 8.20. The van der Waals surface area contributed by atoms with E-state index in [0.717, 1.165) is 15.7 Å². The second-order valence-corrected chi connectivity index (χ2v) is 9.11. The normalized spacial score (nSPS) is 11.1. The van der Waals surface area contributed by atoms with Gasteiger partial charge >= 0.3 is 0 Å². The van der Waals surface area contributed by atoms with E-state index in [1.54, 1.807) is 30.5 Å². The molecule has 0 saturated heterocycles. The maximum Gasteiger partial charge on any atom is 0.282 e. The first-order valence-electron chi connectivity index (χ1n) is 11.9. The van der Waals surface area contributed by atoms with Gasteiger partial charge in [-0.1, -0.05) is 41.1 Å². The van der Waals surface area contributed by atoms with Crippen LogP contribution in [0.15, 0.2) is 75.0 Å². The lowest BCUT2D eigenvalue weighted by Gasteiger charge is -2.13. The standard InChI is InChI=1S/C28H27BrN4O4/c1-4-26-31-23-12-11-20(29)15-21(23)28(35)33(26)30-16-19-10-13-24(25(14-19)36-5-2)37-17-27(34)32-22-9-7-6-8-18(22)3/h6-16H,4-5,17H2,1-3H3,(H,32,34). The van der Waals surface area contributed by atoms with Gasteiger partial charge in [-0.3, -0.25) is 9.59 Å². The number of amides is 1. The number of halogens is 1. The van der Waals surface area contributed by atoms with E-state index in [1.807, 2.05) is 57.2 Å². The van der Waals surface area contributed by atoms with E-state index in [2.05, 4.69) is 31.3 Å². The Hall–Kier alpha value is -3.98. The Balaban J connectivity index is 1.55. The molecular formula is C28H27BrN4O4. The highest BCUT2D eigenvalue weighted by molar-refractivity contribution is 9.10. The smallest absolute Gasteiger partial charge is 0.282 e. The van der Waals surface area contributed by atoms with Crippen LogP contribution in [0.1, 0.15) is 30.8 Å². The van der Waals surface area contributed by atoms with Crippen molar-refractivity contribution in [1.82, 2.24) is 9.66 Å². The summed E-state index contributed by atoms with van der Waals surface area (Å²) < 4.78 is 13.6. The van der Waals surface area contributed by atoms with Crippen molar-refractivity contribution in [1.29, 1.82) is 0 Å². The van der Waals surface area contributed by atoms with Crippen molar-refractivity contribution < 1.29 is 14.3 Å². The van der Waals surface area contributed by atoms with E-state index in [-0.39, 0.29) is 18.1 Å². The van der Waals surface area contributed by atoms with Gasteiger partial charge in [0.25, 0.3) is 11.5 Å². The van der Waals surface area contributed by atoms with Gasteiger partial charge < -0.3 is 14.8 Å². The minimum Gasteiger partial charge on any atom is -0.490 e. The lowest BCUT2D eigenvalue weighted by atomic mass is 10.2. The molecule has 9 heteroatoms. The summed E-state index contributed by atoms with van der Waals surface area (Å²) in [6, 6.07) is 18.2. The fraction of sp³-hybridized carbons (Fsp3) is 0.214. The van der Waals surface area contributed by atoms with Gasteiger partial charge in [0.2, 0.25) is 0 Å². The van der Waals surface area contributed by atoms with E-state index in [4.69, 9.17) is 9.47 Å². The number of anilines is 1. The van der Waals surface area contributed by atoms with Gasteiger partial charge in [0.15, 0.2) is 18.1 Å². The highest BCUT2D eigenvalue weighted by Gasteiger charge is 2.12. The molecule has 0 spiro atoms. The van der Waals surface area contributed by atoms with Crippen molar-refractivity contribution in [3.63, 3.8) is 0 Å². The number of hydrogen-bond donors (Lipinski definition) is 1. The maximum absolute atomic E-state index is 13.1. The highest BCUT2D eigenvalue weighted by atomic mass is 79.9. The molecule has 0 atom stereocenters. The molecule has 0 aliphatic carbocycles. The zero-order chi connectivity index (χ0) is 26.4. The van der Waals surface area contributed by atoms with Crippen molar-refractivity contribution >= 4 is 44.6 Å². The minimum absolute atomic E-state index is 0.171.